The highest BCUT2D eigenvalue weighted by Crippen LogP contribution is 2.51. The van der Waals surface area contributed by atoms with Crippen molar-refractivity contribution in [1.82, 2.24) is 0 Å². The first-order valence-electron chi connectivity index (χ1n) is 16.1. The molecule has 46 heavy (non-hydrogen) atoms. The predicted molar refractivity (Wildman–Crippen MR) is 197 cm³/mol. The van der Waals surface area contributed by atoms with Crippen LogP contribution in [-0.2, 0) is 5.41 Å². The lowest BCUT2D eigenvalue weighted by Gasteiger charge is -2.29. The molecular formula is C45H33N. The Kier molecular flexibility index (Phi) is 5.92. The third-order valence-corrected chi connectivity index (χ3v) is 10.0. The molecule has 1 aliphatic carbocycles. The van der Waals surface area contributed by atoms with Crippen molar-refractivity contribution in [2.45, 2.75) is 19.3 Å². The van der Waals surface area contributed by atoms with Crippen LogP contribution < -0.4 is 4.90 Å². The molecule has 0 saturated carbocycles. The average molecular weight is 588 g/mol. The molecule has 9 rings (SSSR count). The first kappa shape index (κ1) is 26.7. The Morgan fingerprint density at radius 2 is 0.978 bits per heavy atom. The number of rotatable bonds is 4. The fraction of sp³-hybridized carbons (Fsp3) is 0.0667. The van der Waals surface area contributed by atoms with Crippen molar-refractivity contribution in [3.05, 3.63) is 175 Å². The Bertz CT molecular complexity index is 2440. The van der Waals surface area contributed by atoms with Gasteiger partial charge in [-0.05, 0) is 90.6 Å². The number of hydrogen-bond donors (Lipinski definition) is 0. The van der Waals surface area contributed by atoms with E-state index in [1.165, 1.54) is 71.4 Å². The van der Waals surface area contributed by atoms with Crippen molar-refractivity contribution in [2.75, 3.05) is 4.90 Å². The lowest BCUT2D eigenvalue weighted by Crippen LogP contribution is -2.16. The Morgan fingerprint density at radius 3 is 1.80 bits per heavy atom. The van der Waals surface area contributed by atoms with Crippen LogP contribution in [0.3, 0.4) is 0 Å². The topological polar surface area (TPSA) is 3.24 Å². The van der Waals surface area contributed by atoms with E-state index in [-0.39, 0.29) is 5.41 Å². The van der Waals surface area contributed by atoms with Crippen molar-refractivity contribution in [3.8, 4) is 22.3 Å². The summed E-state index contributed by atoms with van der Waals surface area (Å²) in [6, 6.07) is 60.2. The lowest BCUT2D eigenvalue weighted by atomic mass is 9.82. The molecule has 0 heterocycles. The maximum Gasteiger partial charge on any atom is 0.0546 e. The molecule has 0 aromatic heterocycles. The molecule has 218 valence electrons. The fourth-order valence-electron chi connectivity index (χ4n) is 7.75. The molecule has 8 aromatic rings. The molecule has 1 heteroatoms. The number of anilines is 3. The third-order valence-electron chi connectivity index (χ3n) is 10.0. The van der Waals surface area contributed by atoms with Gasteiger partial charge in [-0.3, -0.25) is 0 Å². The van der Waals surface area contributed by atoms with E-state index in [9.17, 15) is 0 Å². The van der Waals surface area contributed by atoms with E-state index in [1.807, 2.05) is 0 Å². The molecule has 0 N–H and O–H groups in total. The summed E-state index contributed by atoms with van der Waals surface area (Å²) >= 11 is 0. The van der Waals surface area contributed by atoms with E-state index in [4.69, 9.17) is 0 Å². The van der Waals surface area contributed by atoms with Crippen molar-refractivity contribution < 1.29 is 0 Å². The van der Waals surface area contributed by atoms with E-state index < -0.39 is 0 Å². The SMILES string of the molecule is CC1(C)c2ccccc2-c2ccc(N(c3ccc(-c4cccc5ccccc45)cc3)c3cc4ccccc4c4ccccc34)cc21. The molecule has 0 unspecified atom stereocenters. The van der Waals surface area contributed by atoms with Gasteiger partial charge < -0.3 is 4.90 Å². The summed E-state index contributed by atoms with van der Waals surface area (Å²) in [4.78, 5) is 2.46. The number of nitrogens with zero attached hydrogens (tertiary/aromatic N) is 1. The molecule has 0 radical (unpaired) electrons. The van der Waals surface area contributed by atoms with Gasteiger partial charge in [-0.25, -0.2) is 0 Å². The van der Waals surface area contributed by atoms with E-state index in [2.05, 4.69) is 183 Å². The Labute approximate surface area is 270 Å². The fourth-order valence-corrected chi connectivity index (χ4v) is 7.75. The first-order chi connectivity index (χ1) is 22.6. The van der Waals surface area contributed by atoms with Gasteiger partial charge in [0.2, 0.25) is 0 Å². The van der Waals surface area contributed by atoms with Crippen LogP contribution in [0.25, 0.3) is 54.6 Å². The molecule has 0 bridgehead atoms. The molecule has 0 fully saturated rings. The predicted octanol–water partition coefficient (Wildman–Crippen LogP) is 12.6. The van der Waals surface area contributed by atoms with Crippen molar-refractivity contribution in [1.29, 1.82) is 0 Å². The first-order valence-corrected chi connectivity index (χ1v) is 16.1. The van der Waals surface area contributed by atoms with Gasteiger partial charge in [-0.1, -0.05) is 147 Å². The zero-order valence-corrected chi connectivity index (χ0v) is 26.0. The summed E-state index contributed by atoms with van der Waals surface area (Å²) in [5, 5.41) is 7.55. The zero-order chi connectivity index (χ0) is 30.8. The zero-order valence-electron chi connectivity index (χ0n) is 26.0. The maximum atomic E-state index is 2.46. The van der Waals surface area contributed by atoms with Crippen LogP contribution in [0.15, 0.2) is 164 Å². The Morgan fingerprint density at radius 1 is 0.391 bits per heavy atom. The number of fused-ring (bicyclic) bond motifs is 7. The highest BCUT2D eigenvalue weighted by atomic mass is 15.1. The van der Waals surface area contributed by atoms with Crippen molar-refractivity contribution in [3.63, 3.8) is 0 Å². The minimum atomic E-state index is -0.0860. The van der Waals surface area contributed by atoms with Crippen LogP contribution in [0.1, 0.15) is 25.0 Å². The van der Waals surface area contributed by atoms with Crippen molar-refractivity contribution in [2.24, 2.45) is 0 Å². The standard InChI is InChI=1S/C45H33N/c1-45(2)42-21-10-9-18-39(42)40-27-26-34(29-43(40)45)46(44-28-32-13-4-6-16-37(32)38-17-7-8-19-41(38)44)33-24-22-31(23-25-33)36-20-11-14-30-12-3-5-15-35(30)36/h3-29H,1-2H3. The minimum absolute atomic E-state index is 0.0860. The van der Waals surface area contributed by atoms with Crippen LogP contribution in [-0.4, -0.2) is 0 Å². The second-order valence-corrected chi connectivity index (χ2v) is 13.0. The second-order valence-electron chi connectivity index (χ2n) is 13.0. The lowest BCUT2D eigenvalue weighted by molar-refractivity contribution is 0.660. The van der Waals surface area contributed by atoms with Crippen molar-refractivity contribution >= 4 is 49.4 Å². The summed E-state index contributed by atoms with van der Waals surface area (Å²) in [5.41, 5.74) is 11.3. The molecule has 1 nitrogen and oxygen atoms in total. The van der Waals surface area contributed by atoms with Gasteiger partial charge in [0.05, 0.1) is 5.69 Å². The quantitative estimate of drug-likeness (QED) is 0.185. The van der Waals surface area contributed by atoms with Crippen LogP contribution in [0, 0.1) is 0 Å². The van der Waals surface area contributed by atoms with Crippen LogP contribution >= 0.6 is 0 Å². The van der Waals surface area contributed by atoms with Crippen LogP contribution in [0.5, 0.6) is 0 Å². The summed E-state index contributed by atoms with van der Waals surface area (Å²) in [5.74, 6) is 0. The van der Waals surface area contributed by atoms with Gasteiger partial charge in [0.15, 0.2) is 0 Å². The molecule has 0 atom stereocenters. The maximum absolute atomic E-state index is 2.46. The van der Waals surface area contributed by atoms with E-state index in [1.54, 1.807) is 0 Å². The monoisotopic (exact) mass is 587 g/mol. The molecular weight excluding hydrogens is 555 g/mol. The second kappa shape index (κ2) is 10.2. The minimum Gasteiger partial charge on any atom is -0.310 e. The number of benzene rings is 8. The van der Waals surface area contributed by atoms with Gasteiger partial charge in [-0.15, -0.1) is 0 Å². The molecule has 0 spiro atoms. The van der Waals surface area contributed by atoms with Gasteiger partial charge in [0.25, 0.3) is 0 Å². The third kappa shape index (κ3) is 4.02. The highest BCUT2D eigenvalue weighted by Gasteiger charge is 2.35. The van der Waals surface area contributed by atoms with E-state index in [0.29, 0.717) is 0 Å². The summed E-state index contributed by atoms with van der Waals surface area (Å²) in [6.07, 6.45) is 0. The molecule has 0 saturated heterocycles. The largest absolute Gasteiger partial charge is 0.310 e. The normalized spacial score (nSPS) is 13.2. The van der Waals surface area contributed by atoms with Gasteiger partial charge in [0.1, 0.15) is 0 Å². The summed E-state index contributed by atoms with van der Waals surface area (Å²) < 4.78 is 0. The van der Waals surface area contributed by atoms with Gasteiger partial charge in [0, 0.05) is 22.2 Å². The molecule has 0 aliphatic heterocycles. The summed E-state index contributed by atoms with van der Waals surface area (Å²) in [7, 11) is 0. The van der Waals surface area contributed by atoms with Crippen LogP contribution in [0.2, 0.25) is 0 Å². The molecule has 0 amide bonds. The van der Waals surface area contributed by atoms with E-state index in [0.717, 1.165) is 11.4 Å². The van der Waals surface area contributed by atoms with Gasteiger partial charge >= 0.3 is 0 Å². The Balaban J connectivity index is 1.27. The smallest absolute Gasteiger partial charge is 0.0546 e. The average Bonchev–Trinajstić information content (AvgIpc) is 3.34. The van der Waals surface area contributed by atoms with E-state index >= 15 is 0 Å². The van der Waals surface area contributed by atoms with Crippen LogP contribution in [0.4, 0.5) is 17.1 Å². The van der Waals surface area contributed by atoms with Gasteiger partial charge in [-0.2, -0.15) is 0 Å². The summed E-state index contributed by atoms with van der Waals surface area (Å²) in [6.45, 7) is 4.71. The highest BCUT2D eigenvalue weighted by molar-refractivity contribution is 6.14. The molecule has 1 aliphatic rings. The molecule has 8 aromatic carbocycles. The number of hydrogen-bond acceptors (Lipinski definition) is 1. The Hall–Kier alpha value is -5.66.